The monoisotopic (exact) mass is 336 g/mol. The molecule has 2 nitrogen and oxygen atoms in total. The molecule has 0 atom stereocenters. The molecule has 0 saturated carbocycles. The van der Waals surface area contributed by atoms with E-state index in [2.05, 4.69) is 72.9 Å². The van der Waals surface area contributed by atoms with Gasteiger partial charge < -0.3 is 5.32 Å². The second-order valence-electron chi connectivity index (χ2n) is 6.08. The molecule has 0 bridgehead atoms. The fourth-order valence-corrected chi connectivity index (χ4v) is 3.26. The van der Waals surface area contributed by atoms with Gasteiger partial charge in [0.15, 0.2) is 0 Å². The number of fused-ring (bicyclic) bond motifs is 1. The number of pyridine rings is 1. The predicted molar refractivity (Wildman–Crippen MR) is 105 cm³/mol. The second kappa shape index (κ2) is 7.16. The Bertz CT molecular complexity index is 899. The van der Waals surface area contributed by atoms with Crippen molar-refractivity contribution in [2.24, 2.45) is 0 Å². The van der Waals surface area contributed by atoms with E-state index in [1.165, 1.54) is 27.5 Å². The zero-order valence-electron chi connectivity index (χ0n) is 13.8. The number of aromatic nitrogens is 1. The van der Waals surface area contributed by atoms with E-state index >= 15 is 0 Å². The molecule has 1 aromatic heterocycles. The maximum Gasteiger partial charge on any atom is 0.0790 e. The van der Waals surface area contributed by atoms with Crippen molar-refractivity contribution in [2.75, 3.05) is 13.1 Å². The van der Waals surface area contributed by atoms with Gasteiger partial charge >= 0.3 is 0 Å². The lowest BCUT2D eigenvalue weighted by molar-refractivity contribution is 0.737. The van der Waals surface area contributed by atoms with Gasteiger partial charge in [0.1, 0.15) is 0 Å². The molecule has 0 spiro atoms. The van der Waals surface area contributed by atoms with Gasteiger partial charge in [-0.3, -0.25) is 0 Å². The third kappa shape index (κ3) is 3.08. The maximum absolute atomic E-state index is 5.06. The number of nitrogens with one attached hydrogen (secondary N) is 1. The van der Waals surface area contributed by atoms with Gasteiger partial charge in [0.25, 0.3) is 0 Å². The first kappa shape index (κ1) is 16.7. The number of hydrogen-bond acceptors (Lipinski definition) is 2. The third-order valence-corrected chi connectivity index (χ3v) is 4.53. The van der Waals surface area contributed by atoms with Crippen LogP contribution in [0.25, 0.3) is 27.6 Å². The van der Waals surface area contributed by atoms with Crippen LogP contribution >= 0.6 is 12.4 Å². The van der Waals surface area contributed by atoms with Crippen LogP contribution in [0.5, 0.6) is 0 Å². The maximum atomic E-state index is 5.06. The van der Waals surface area contributed by atoms with Gasteiger partial charge in [-0.15, -0.1) is 12.4 Å². The molecule has 2 aromatic carbocycles. The molecular formula is C21H21ClN2. The van der Waals surface area contributed by atoms with Crippen molar-refractivity contribution in [1.82, 2.24) is 10.3 Å². The Hall–Kier alpha value is -2.16. The van der Waals surface area contributed by atoms with Crippen molar-refractivity contribution in [3.63, 3.8) is 0 Å². The van der Waals surface area contributed by atoms with E-state index in [0.717, 1.165) is 30.9 Å². The van der Waals surface area contributed by atoms with Crippen molar-refractivity contribution in [2.45, 2.75) is 13.3 Å². The lowest BCUT2D eigenvalue weighted by atomic mass is 9.97. The summed E-state index contributed by atoms with van der Waals surface area (Å²) >= 11 is 0. The summed E-state index contributed by atoms with van der Waals surface area (Å²) in [5.41, 5.74) is 6.05. The first-order valence-electron chi connectivity index (χ1n) is 8.19. The number of rotatable bonds is 2. The van der Waals surface area contributed by atoms with E-state index in [0.29, 0.717) is 0 Å². The van der Waals surface area contributed by atoms with Crippen LogP contribution in [0.1, 0.15) is 17.7 Å². The highest BCUT2D eigenvalue weighted by Crippen LogP contribution is 2.32. The van der Waals surface area contributed by atoms with Gasteiger partial charge in [0, 0.05) is 17.5 Å². The first-order chi connectivity index (χ1) is 11.3. The summed E-state index contributed by atoms with van der Waals surface area (Å²) in [6.07, 6.45) is 3.31. The fourth-order valence-electron chi connectivity index (χ4n) is 3.26. The van der Waals surface area contributed by atoms with Crippen LogP contribution in [0.3, 0.4) is 0 Å². The number of benzene rings is 2. The molecule has 4 rings (SSSR count). The molecular weight excluding hydrogens is 316 g/mol. The molecule has 0 fully saturated rings. The zero-order chi connectivity index (χ0) is 15.6. The second-order valence-corrected chi connectivity index (χ2v) is 6.08. The minimum Gasteiger partial charge on any atom is -0.313 e. The number of nitrogens with zero attached hydrogens (tertiary/aromatic N) is 1. The zero-order valence-corrected chi connectivity index (χ0v) is 14.6. The minimum absolute atomic E-state index is 0. The Labute approximate surface area is 149 Å². The van der Waals surface area contributed by atoms with Crippen LogP contribution in [0.4, 0.5) is 0 Å². The fraction of sp³-hybridized carbons (Fsp3) is 0.190. The van der Waals surface area contributed by atoms with Gasteiger partial charge in [-0.1, -0.05) is 54.6 Å². The molecule has 0 radical (unpaired) electrons. The molecule has 2 heterocycles. The predicted octanol–water partition coefficient (Wildman–Crippen LogP) is 5.01. The lowest BCUT2D eigenvalue weighted by Gasteiger charge is -2.16. The van der Waals surface area contributed by atoms with E-state index in [4.69, 9.17) is 4.98 Å². The molecule has 0 saturated heterocycles. The van der Waals surface area contributed by atoms with E-state index in [1.807, 2.05) is 0 Å². The van der Waals surface area contributed by atoms with Gasteiger partial charge in [-0.25, -0.2) is 4.98 Å². The molecule has 1 aliphatic heterocycles. The van der Waals surface area contributed by atoms with Gasteiger partial charge in [0.2, 0.25) is 0 Å². The van der Waals surface area contributed by atoms with E-state index in [1.54, 1.807) is 0 Å². The molecule has 122 valence electrons. The molecule has 24 heavy (non-hydrogen) atoms. The summed E-state index contributed by atoms with van der Waals surface area (Å²) < 4.78 is 0. The Morgan fingerprint density at radius 1 is 1.00 bits per heavy atom. The highest BCUT2D eigenvalue weighted by Gasteiger charge is 2.13. The molecule has 0 aliphatic carbocycles. The van der Waals surface area contributed by atoms with E-state index in [-0.39, 0.29) is 12.4 Å². The van der Waals surface area contributed by atoms with Gasteiger partial charge in [-0.2, -0.15) is 0 Å². The van der Waals surface area contributed by atoms with Crippen LogP contribution in [-0.2, 0) is 0 Å². The first-order valence-corrected chi connectivity index (χ1v) is 8.19. The van der Waals surface area contributed by atoms with Gasteiger partial charge in [-0.05, 0) is 42.5 Å². The van der Waals surface area contributed by atoms with Crippen LogP contribution in [-0.4, -0.2) is 18.1 Å². The Kier molecular flexibility index (Phi) is 4.98. The largest absolute Gasteiger partial charge is 0.313 e. The SMILES string of the molecule is Cc1ccccc1-c1nc(C2=CCNCC2)cc2ccccc12.Cl. The molecule has 3 heteroatoms. The Morgan fingerprint density at radius 2 is 1.79 bits per heavy atom. The highest BCUT2D eigenvalue weighted by molar-refractivity contribution is 5.96. The van der Waals surface area contributed by atoms with Crippen molar-refractivity contribution < 1.29 is 0 Å². The highest BCUT2D eigenvalue weighted by atomic mass is 35.5. The van der Waals surface area contributed by atoms with E-state index < -0.39 is 0 Å². The van der Waals surface area contributed by atoms with Crippen LogP contribution in [0.2, 0.25) is 0 Å². The average Bonchev–Trinajstić information content (AvgIpc) is 2.62. The molecule has 0 unspecified atom stereocenters. The summed E-state index contributed by atoms with van der Waals surface area (Å²) in [6, 6.07) is 19.3. The molecule has 0 amide bonds. The normalized spacial score (nSPS) is 14.1. The summed E-state index contributed by atoms with van der Waals surface area (Å²) in [7, 11) is 0. The molecule has 1 aliphatic rings. The van der Waals surface area contributed by atoms with Crippen molar-refractivity contribution in [3.05, 3.63) is 71.9 Å². The quantitative estimate of drug-likeness (QED) is 0.711. The average molecular weight is 337 g/mol. The smallest absolute Gasteiger partial charge is 0.0790 e. The summed E-state index contributed by atoms with van der Waals surface area (Å²) in [6.45, 7) is 4.12. The van der Waals surface area contributed by atoms with Crippen molar-refractivity contribution in [3.8, 4) is 11.3 Å². The summed E-state index contributed by atoms with van der Waals surface area (Å²) in [5, 5.41) is 5.85. The Morgan fingerprint density at radius 3 is 2.58 bits per heavy atom. The molecule has 1 N–H and O–H groups in total. The van der Waals surface area contributed by atoms with Crippen LogP contribution in [0, 0.1) is 6.92 Å². The van der Waals surface area contributed by atoms with Crippen molar-refractivity contribution >= 4 is 28.8 Å². The topological polar surface area (TPSA) is 24.9 Å². The van der Waals surface area contributed by atoms with Crippen molar-refractivity contribution in [1.29, 1.82) is 0 Å². The summed E-state index contributed by atoms with van der Waals surface area (Å²) in [4.78, 5) is 5.06. The standard InChI is InChI=1S/C21H20N2.ClH/c1-15-6-2-4-8-18(15)21-19-9-5-3-7-17(19)14-20(23-21)16-10-12-22-13-11-16;/h2-10,14,22H,11-13H2,1H3;1H. The minimum atomic E-state index is 0. The lowest BCUT2D eigenvalue weighted by Crippen LogP contribution is -2.20. The number of halogens is 1. The van der Waals surface area contributed by atoms with Crippen LogP contribution < -0.4 is 5.32 Å². The van der Waals surface area contributed by atoms with Crippen LogP contribution in [0.15, 0.2) is 60.7 Å². The van der Waals surface area contributed by atoms with Gasteiger partial charge in [0.05, 0.1) is 11.4 Å². The number of hydrogen-bond donors (Lipinski definition) is 1. The number of aryl methyl sites for hydroxylation is 1. The summed E-state index contributed by atoms with van der Waals surface area (Å²) in [5.74, 6) is 0. The third-order valence-electron chi connectivity index (χ3n) is 4.53. The Balaban J connectivity index is 0.00000169. The van der Waals surface area contributed by atoms with E-state index in [9.17, 15) is 0 Å². The molecule has 3 aromatic rings.